The first-order valence-electron chi connectivity index (χ1n) is 10.9. The van der Waals surface area contributed by atoms with Gasteiger partial charge in [0.1, 0.15) is 12.2 Å². The van der Waals surface area contributed by atoms with Gasteiger partial charge in [0.2, 0.25) is 5.91 Å². The summed E-state index contributed by atoms with van der Waals surface area (Å²) in [6.07, 6.45) is 1.59. The largest absolute Gasteiger partial charge is 0.351 e. The van der Waals surface area contributed by atoms with Gasteiger partial charge in [-0.25, -0.2) is 9.97 Å². The van der Waals surface area contributed by atoms with Gasteiger partial charge in [0.25, 0.3) is 0 Å². The van der Waals surface area contributed by atoms with E-state index in [4.69, 9.17) is 9.97 Å². The fraction of sp³-hybridized carbons (Fsp3) is 0.280. The van der Waals surface area contributed by atoms with Crippen molar-refractivity contribution in [2.75, 3.05) is 37.6 Å². The maximum absolute atomic E-state index is 12.7. The number of nitrogens with zero attached hydrogens (tertiary/aromatic N) is 4. The van der Waals surface area contributed by atoms with Crippen LogP contribution in [0.3, 0.4) is 0 Å². The van der Waals surface area contributed by atoms with Gasteiger partial charge >= 0.3 is 0 Å². The number of hydrogen-bond acceptors (Lipinski definition) is 5. The number of rotatable bonds is 7. The van der Waals surface area contributed by atoms with Gasteiger partial charge in [0.05, 0.1) is 43.3 Å². The number of aromatic nitrogens is 2. The minimum Gasteiger partial charge on any atom is -0.351 e. The molecule has 7 nitrogen and oxygen atoms in total. The zero-order valence-electron chi connectivity index (χ0n) is 18.0. The van der Waals surface area contributed by atoms with E-state index in [2.05, 4.69) is 47.1 Å². The Morgan fingerprint density at radius 1 is 1.12 bits per heavy atom. The molecule has 2 N–H and O–H groups in total. The molecule has 2 heterocycles. The summed E-state index contributed by atoms with van der Waals surface area (Å²) >= 11 is 0. The number of amides is 1. The van der Waals surface area contributed by atoms with Crippen molar-refractivity contribution in [2.24, 2.45) is 0 Å². The molecule has 0 bridgehead atoms. The van der Waals surface area contributed by atoms with Gasteiger partial charge < -0.3 is 15.1 Å². The predicted molar refractivity (Wildman–Crippen MR) is 124 cm³/mol. The second-order valence-electron chi connectivity index (χ2n) is 7.92. The number of piperazine rings is 1. The van der Waals surface area contributed by atoms with Gasteiger partial charge in [0.15, 0.2) is 11.7 Å². The molecule has 4 rings (SSSR count). The van der Waals surface area contributed by atoms with Gasteiger partial charge in [-0.3, -0.25) is 4.79 Å². The van der Waals surface area contributed by atoms with Crippen LogP contribution in [-0.2, 0) is 11.3 Å². The average Bonchev–Trinajstić information content (AvgIpc) is 2.84. The number of fused-ring (bicyclic) bond motifs is 1. The highest BCUT2D eigenvalue weighted by Gasteiger charge is 2.30. The lowest BCUT2D eigenvalue weighted by atomic mass is 10.0. The van der Waals surface area contributed by atoms with Crippen LogP contribution < -0.4 is 15.1 Å². The summed E-state index contributed by atoms with van der Waals surface area (Å²) in [5, 5.41) is 12.5. The van der Waals surface area contributed by atoms with E-state index < -0.39 is 5.92 Å². The molecule has 7 heteroatoms. The quantitative estimate of drug-likeness (QED) is 0.558. The maximum Gasteiger partial charge on any atom is 0.243 e. The number of quaternary nitrogens is 1. The van der Waals surface area contributed by atoms with Gasteiger partial charge in [-0.05, 0) is 12.1 Å². The number of para-hydroxylation sites is 2. The van der Waals surface area contributed by atoms with E-state index in [0.29, 0.717) is 23.6 Å². The SMILES string of the molecule is C=CCNC(=O)[C@@H](C#N)c1nc2ccccc2nc1N1CC[NH+](Cc2ccccc2)CC1. The molecule has 0 spiro atoms. The number of nitriles is 1. The van der Waals surface area contributed by atoms with E-state index in [1.807, 2.05) is 30.3 Å². The second-order valence-corrected chi connectivity index (χ2v) is 7.92. The minimum absolute atomic E-state index is 0.300. The molecule has 2 aromatic carbocycles. The third kappa shape index (κ3) is 4.76. The van der Waals surface area contributed by atoms with Crippen molar-refractivity contribution in [3.63, 3.8) is 0 Å². The molecule has 1 aliphatic rings. The van der Waals surface area contributed by atoms with Crippen LogP contribution in [0.25, 0.3) is 11.0 Å². The molecule has 1 saturated heterocycles. The lowest BCUT2D eigenvalue weighted by Crippen LogP contribution is -3.13. The topological polar surface area (TPSA) is 86.3 Å². The van der Waals surface area contributed by atoms with Crippen molar-refractivity contribution >= 4 is 22.8 Å². The fourth-order valence-electron chi connectivity index (χ4n) is 4.05. The molecule has 0 aliphatic carbocycles. The van der Waals surface area contributed by atoms with Crippen LogP contribution in [0.1, 0.15) is 17.2 Å². The normalized spacial score (nSPS) is 15.2. The summed E-state index contributed by atoms with van der Waals surface area (Å²) in [5.74, 6) is -0.786. The first kappa shape index (κ1) is 21.5. The van der Waals surface area contributed by atoms with Gasteiger partial charge in [-0.2, -0.15) is 5.26 Å². The van der Waals surface area contributed by atoms with Crippen molar-refractivity contribution < 1.29 is 9.69 Å². The molecule has 0 unspecified atom stereocenters. The van der Waals surface area contributed by atoms with Gasteiger partial charge in [0, 0.05) is 12.1 Å². The van der Waals surface area contributed by atoms with E-state index in [1.54, 1.807) is 6.08 Å². The Bertz CT molecular complexity index is 1130. The Labute approximate surface area is 188 Å². The van der Waals surface area contributed by atoms with E-state index in [0.717, 1.165) is 38.2 Å². The fourth-order valence-corrected chi connectivity index (χ4v) is 4.05. The molecular weight excluding hydrogens is 400 g/mol. The number of nitrogens with one attached hydrogen (secondary N) is 2. The summed E-state index contributed by atoms with van der Waals surface area (Å²) < 4.78 is 0. The third-order valence-electron chi connectivity index (χ3n) is 5.73. The summed E-state index contributed by atoms with van der Waals surface area (Å²) in [6, 6.07) is 20.2. The Hall–Kier alpha value is -3.76. The van der Waals surface area contributed by atoms with Crippen LogP contribution in [0.2, 0.25) is 0 Å². The van der Waals surface area contributed by atoms with E-state index in [9.17, 15) is 10.1 Å². The number of carbonyl (C=O) groups is 1. The molecule has 1 aliphatic heterocycles. The Kier molecular flexibility index (Phi) is 6.73. The maximum atomic E-state index is 12.7. The first-order valence-corrected chi connectivity index (χ1v) is 10.9. The van der Waals surface area contributed by atoms with Gasteiger partial charge in [-0.15, -0.1) is 6.58 Å². The van der Waals surface area contributed by atoms with Crippen LogP contribution in [0.15, 0.2) is 67.3 Å². The molecule has 3 aromatic rings. The van der Waals surface area contributed by atoms with Gasteiger partial charge in [-0.1, -0.05) is 48.5 Å². The molecule has 162 valence electrons. The minimum atomic E-state index is -1.03. The highest BCUT2D eigenvalue weighted by Crippen LogP contribution is 2.27. The van der Waals surface area contributed by atoms with Crippen molar-refractivity contribution in [2.45, 2.75) is 12.5 Å². The summed E-state index contributed by atoms with van der Waals surface area (Å²) in [6.45, 7) is 8.37. The predicted octanol–water partition coefficient (Wildman–Crippen LogP) is 1.44. The van der Waals surface area contributed by atoms with E-state index >= 15 is 0 Å². The van der Waals surface area contributed by atoms with E-state index in [-0.39, 0.29) is 5.91 Å². The average molecular weight is 428 g/mol. The zero-order valence-corrected chi connectivity index (χ0v) is 18.0. The Balaban J connectivity index is 1.60. The Morgan fingerprint density at radius 2 is 1.78 bits per heavy atom. The summed E-state index contributed by atoms with van der Waals surface area (Å²) in [5.41, 5.74) is 3.18. The first-order chi connectivity index (χ1) is 15.7. The summed E-state index contributed by atoms with van der Waals surface area (Å²) in [4.78, 5) is 25.9. The van der Waals surface area contributed by atoms with E-state index in [1.165, 1.54) is 10.5 Å². The summed E-state index contributed by atoms with van der Waals surface area (Å²) in [7, 11) is 0. The van der Waals surface area contributed by atoms with Crippen LogP contribution in [0.5, 0.6) is 0 Å². The highest BCUT2D eigenvalue weighted by molar-refractivity contribution is 5.89. The molecular formula is C25H27N6O+. The van der Waals surface area contributed by atoms with Crippen molar-refractivity contribution in [3.05, 3.63) is 78.5 Å². The van der Waals surface area contributed by atoms with Crippen LogP contribution >= 0.6 is 0 Å². The number of carbonyl (C=O) groups excluding carboxylic acids is 1. The number of anilines is 1. The van der Waals surface area contributed by atoms with Crippen molar-refractivity contribution in [1.29, 1.82) is 5.26 Å². The molecule has 32 heavy (non-hydrogen) atoms. The molecule has 1 aromatic heterocycles. The molecule has 0 saturated carbocycles. The lowest BCUT2D eigenvalue weighted by molar-refractivity contribution is -0.914. The van der Waals surface area contributed by atoms with Crippen LogP contribution in [-0.4, -0.2) is 48.6 Å². The standard InChI is InChI=1S/C25H26N6O/c1-2-12-27-25(32)20(17-26)23-24(29-22-11-7-6-10-21(22)28-23)31-15-13-30(14-16-31)18-19-8-4-3-5-9-19/h2-11,20H,1,12-16,18H2,(H,27,32)/p+1/t20-/m0/s1. The monoisotopic (exact) mass is 427 g/mol. The smallest absolute Gasteiger partial charge is 0.243 e. The third-order valence-corrected chi connectivity index (χ3v) is 5.73. The highest BCUT2D eigenvalue weighted by atomic mass is 16.1. The number of hydrogen-bond donors (Lipinski definition) is 2. The van der Waals surface area contributed by atoms with Crippen molar-refractivity contribution in [3.8, 4) is 6.07 Å². The second kappa shape index (κ2) is 10.0. The molecule has 1 amide bonds. The number of benzene rings is 2. The van der Waals surface area contributed by atoms with Crippen molar-refractivity contribution in [1.82, 2.24) is 15.3 Å². The lowest BCUT2D eigenvalue weighted by Gasteiger charge is -2.34. The molecule has 0 radical (unpaired) electrons. The molecule has 1 fully saturated rings. The van der Waals surface area contributed by atoms with Crippen LogP contribution in [0, 0.1) is 11.3 Å². The Morgan fingerprint density at radius 3 is 2.44 bits per heavy atom. The molecule has 1 atom stereocenters. The zero-order chi connectivity index (χ0) is 22.3. The van der Waals surface area contributed by atoms with Crippen LogP contribution in [0.4, 0.5) is 5.82 Å².